The predicted molar refractivity (Wildman–Crippen MR) is 101 cm³/mol. The van der Waals surface area contributed by atoms with Crippen LogP contribution in [0, 0.1) is 13.8 Å². The summed E-state index contributed by atoms with van der Waals surface area (Å²) in [6.45, 7) is 3.96. The zero-order chi connectivity index (χ0) is 22.5. The van der Waals surface area contributed by atoms with Crippen LogP contribution in [0.1, 0.15) is 21.9 Å². The summed E-state index contributed by atoms with van der Waals surface area (Å²) in [5.74, 6) is -3.36. The first-order valence-electron chi connectivity index (χ1n) is 8.37. The number of alkyl halides is 3. The fourth-order valence-electron chi connectivity index (χ4n) is 2.23. The van der Waals surface area contributed by atoms with Gasteiger partial charge in [0.1, 0.15) is 5.75 Å². The summed E-state index contributed by atoms with van der Waals surface area (Å²) < 4.78 is 33.7. The number of carboxylic acids is 1. The Morgan fingerprint density at radius 1 is 1.07 bits per heavy atom. The van der Waals surface area contributed by atoms with Gasteiger partial charge in [0.25, 0.3) is 5.91 Å². The number of aryl methyl sites for hydroxylation is 1. The molecule has 30 heavy (non-hydrogen) atoms. The molecule has 0 aliphatic heterocycles. The lowest BCUT2D eigenvalue weighted by Gasteiger charge is -2.09. The van der Waals surface area contributed by atoms with Crippen molar-refractivity contribution in [2.24, 2.45) is 0 Å². The number of anilines is 1. The summed E-state index contributed by atoms with van der Waals surface area (Å²) in [6, 6.07) is 10.4. The van der Waals surface area contributed by atoms with Gasteiger partial charge in [-0.1, -0.05) is 0 Å². The standard InChI is InChI=1S/C17H16N4O2.C2HF3O2/c1-11-12(2)21(10-19-11)14-7-5-13(6-8-14)20-17(23)16-15(22)4-3-9-18-16;3-2(4,5)1(6)7/h3-10,22H,1-2H3,(H,20,23);(H,6,7). The summed E-state index contributed by atoms with van der Waals surface area (Å²) >= 11 is 0. The molecular weight excluding hydrogens is 405 g/mol. The van der Waals surface area contributed by atoms with Crippen LogP contribution in [0.5, 0.6) is 5.75 Å². The number of carbonyl (C=O) groups excluding carboxylic acids is 1. The molecule has 3 N–H and O–H groups in total. The van der Waals surface area contributed by atoms with Crippen molar-refractivity contribution < 1.29 is 33.0 Å². The van der Waals surface area contributed by atoms with Crippen molar-refractivity contribution in [3.8, 4) is 11.4 Å². The first-order valence-corrected chi connectivity index (χ1v) is 8.37. The lowest BCUT2D eigenvalue weighted by molar-refractivity contribution is -0.192. The van der Waals surface area contributed by atoms with E-state index in [9.17, 15) is 23.1 Å². The van der Waals surface area contributed by atoms with Crippen LogP contribution < -0.4 is 5.32 Å². The number of halogens is 3. The van der Waals surface area contributed by atoms with E-state index in [0.717, 1.165) is 17.1 Å². The molecule has 3 aromatic rings. The van der Waals surface area contributed by atoms with E-state index in [0.29, 0.717) is 5.69 Å². The van der Waals surface area contributed by atoms with Crippen molar-refractivity contribution in [2.45, 2.75) is 20.0 Å². The lowest BCUT2D eigenvalue weighted by Crippen LogP contribution is -2.21. The fraction of sp³-hybridized carbons (Fsp3) is 0.158. The van der Waals surface area contributed by atoms with Crippen LogP contribution >= 0.6 is 0 Å². The Balaban J connectivity index is 0.000000396. The SMILES string of the molecule is Cc1ncn(-c2ccc(NC(=O)c3ncccc3O)cc2)c1C.O=C(O)C(F)(F)F. The molecule has 0 atom stereocenters. The minimum absolute atomic E-state index is 0.00217. The minimum Gasteiger partial charge on any atom is -0.505 e. The normalized spacial score (nSPS) is 10.7. The molecule has 0 saturated heterocycles. The van der Waals surface area contributed by atoms with Crippen molar-refractivity contribution >= 4 is 17.6 Å². The number of aromatic nitrogens is 3. The Bertz CT molecular complexity index is 1050. The number of hydrogen-bond acceptors (Lipinski definition) is 5. The molecule has 0 saturated carbocycles. The van der Waals surface area contributed by atoms with Crippen molar-refractivity contribution in [1.29, 1.82) is 0 Å². The number of pyridine rings is 1. The number of nitrogens with zero attached hydrogens (tertiary/aromatic N) is 3. The molecular formula is C19H17F3N4O4. The quantitative estimate of drug-likeness (QED) is 0.595. The molecule has 0 unspecified atom stereocenters. The first-order chi connectivity index (χ1) is 14.0. The second-order valence-electron chi connectivity index (χ2n) is 5.96. The number of nitrogens with one attached hydrogen (secondary N) is 1. The van der Waals surface area contributed by atoms with E-state index in [-0.39, 0.29) is 11.4 Å². The van der Waals surface area contributed by atoms with Gasteiger partial charge in [-0.25, -0.2) is 14.8 Å². The summed E-state index contributed by atoms with van der Waals surface area (Å²) in [4.78, 5) is 29.1. The number of carbonyl (C=O) groups is 2. The molecule has 1 amide bonds. The zero-order valence-electron chi connectivity index (χ0n) is 15.8. The monoisotopic (exact) mass is 422 g/mol. The fourth-order valence-corrected chi connectivity index (χ4v) is 2.23. The Morgan fingerprint density at radius 3 is 2.13 bits per heavy atom. The second kappa shape index (κ2) is 9.07. The predicted octanol–water partition coefficient (Wildman–Crippen LogP) is 3.48. The van der Waals surface area contributed by atoms with Crippen molar-refractivity contribution in [3.05, 3.63) is 66.0 Å². The highest BCUT2D eigenvalue weighted by Gasteiger charge is 2.38. The summed E-state index contributed by atoms with van der Waals surface area (Å²) in [6.07, 6.45) is -1.86. The minimum atomic E-state index is -5.08. The average molecular weight is 422 g/mol. The second-order valence-corrected chi connectivity index (χ2v) is 5.96. The van der Waals surface area contributed by atoms with Crippen LogP contribution in [-0.2, 0) is 4.79 Å². The maximum atomic E-state index is 12.1. The first kappa shape index (κ1) is 22.4. The number of carboxylic acid groups (broad SMARTS) is 1. The van der Waals surface area contributed by atoms with Crippen molar-refractivity contribution in [1.82, 2.24) is 14.5 Å². The Kier molecular flexibility index (Phi) is 6.77. The molecule has 0 bridgehead atoms. The molecule has 1 aromatic carbocycles. The Morgan fingerprint density at radius 2 is 1.67 bits per heavy atom. The third-order valence-corrected chi connectivity index (χ3v) is 3.90. The molecule has 0 aliphatic carbocycles. The number of benzene rings is 1. The third-order valence-electron chi connectivity index (χ3n) is 3.90. The molecule has 3 rings (SSSR count). The van der Waals surface area contributed by atoms with E-state index >= 15 is 0 Å². The molecule has 2 aromatic heterocycles. The molecule has 0 fully saturated rings. The number of rotatable bonds is 3. The van der Waals surface area contributed by atoms with Gasteiger partial charge < -0.3 is 20.1 Å². The highest BCUT2D eigenvalue weighted by atomic mass is 19.4. The number of aromatic hydroxyl groups is 1. The number of imidazole rings is 1. The van der Waals surface area contributed by atoms with Gasteiger partial charge in [-0.3, -0.25) is 4.79 Å². The van der Waals surface area contributed by atoms with Gasteiger partial charge >= 0.3 is 12.1 Å². The highest BCUT2D eigenvalue weighted by Crippen LogP contribution is 2.19. The summed E-state index contributed by atoms with van der Waals surface area (Å²) in [5, 5.41) is 19.5. The topological polar surface area (TPSA) is 117 Å². The Hall–Kier alpha value is -3.89. The molecule has 11 heteroatoms. The molecule has 0 spiro atoms. The smallest absolute Gasteiger partial charge is 0.490 e. The van der Waals surface area contributed by atoms with Crippen LogP contribution in [-0.4, -0.2) is 42.8 Å². The van der Waals surface area contributed by atoms with Gasteiger partial charge in [-0.2, -0.15) is 13.2 Å². The lowest BCUT2D eigenvalue weighted by atomic mass is 10.2. The van der Waals surface area contributed by atoms with E-state index in [1.54, 1.807) is 24.5 Å². The van der Waals surface area contributed by atoms with Crippen LogP contribution in [0.4, 0.5) is 18.9 Å². The maximum absolute atomic E-state index is 12.1. The molecule has 158 valence electrons. The molecule has 8 nitrogen and oxygen atoms in total. The van der Waals surface area contributed by atoms with Gasteiger partial charge in [0, 0.05) is 23.3 Å². The highest BCUT2D eigenvalue weighted by molar-refractivity contribution is 6.04. The van der Waals surface area contributed by atoms with Gasteiger partial charge in [0.2, 0.25) is 0 Å². The maximum Gasteiger partial charge on any atom is 0.490 e. The summed E-state index contributed by atoms with van der Waals surface area (Å²) in [5.41, 5.74) is 3.63. The van der Waals surface area contributed by atoms with Gasteiger partial charge in [-0.15, -0.1) is 0 Å². The third kappa shape index (κ3) is 5.56. The molecule has 2 heterocycles. The largest absolute Gasteiger partial charge is 0.505 e. The van der Waals surface area contributed by atoms with Gasteiger partial charge in [-0.05, 0) is 50.2 Å². The summed E-state index contributed by atoms with van der Waals surface area (Å²) in [7, 11) is 0. The van der Waals surface area contributed by atoms with Crippen LogP contribution in [0.2, 0.25) is 0 Å². The van der Waals surface area contributed by atoms with Crippen LogP contribution in [0.15, 0.2) is 48.9 Å². The van der Waals surface area contributed by atoms with Crippen molar-refractivity contribution in [3.63, 3.8) is 0 Å². The molecule has 0 aliphatic rings. The van der Waals surface area contributed by atoms with E-state index in [4.69, 9.17) is 9.90 Å². The van der Waals surface area contributed by atoms with E-state index < -0.39 is 18.1 Å². The zero-order valence-corrected chi connectivity index (χ0v) is 15.8. The number of amides is 1. The van der Waals surface area contributed by atoms with Crippen LogP contribution in [0.25, 0.3) is 5.69 Å². The number of aliphatic carboxylic acids is 1. The van der Waals surface area contributed by atoms with Crippen molar-refractivity contribution in [2.75, 3.05) is 5.32 Å². The van der Waals surface area contributed by atoms with E-state index in [1.165, 1.54) is 12.3 Å². The average Bonchev–Trinajstić information content (AvgIpc) is 3.01. The van der Waals surface area contributed by atoms with Gasteiger partial charge in [0.05, 0.1) is 12.0 Å². The Labute approximate surface area is 168 Å². The molecule has 0 radical (unpaired) electrons. The van der Waals surface area contributed by atoms with Crippen LogP contribution in [0.3, 0.4) is 0 Å². The van der Waals surface area contributed by atoms with E-state index in [1.807, 2.05) is 30.5 Å². The van der Waals surface area contributed by atoms with Gasteiger partial charge in [0.15, 0.2) is 5.69 Å². The van der Waals surface area contributed by atoms with E-state index in [2.05, 4.69) is 15.3 Å². The number of hydrogen-bond donors (Lipinski definition) is 3.